The van der Waals surface area contributed by atoms with E-state index in [1.165, 1.54) is 7.11 Å². The second-order valence-corrected chi connectivity index (χ2v) is 6.21. The highest BCUT2D eigenvalue weighted by atomic mass is 79.9. The zero-order valence-corrected chi connectivity index (χ0v) is 14.8. The number of nitrogens with zero attached hydrogens (tertiary/aromatic N) is 1. The summed E-state index contributed by atoms with van der Waals surface area (Å²) in [6.07, 6.45) is 5.75. The van der Waals surface area contributed by atoms with E-state index in [4.69, 9.17) is 9.47 Å². The third-order valence-electron chi connectivity index (χ3n) is 3.86. The van der Waals surface area contributed by atoms with Gasteiger partial charge >= 0.3 is 0 Å². The summed E-state index contributed by atoms with van der Waals surface area (Å²) in [5.41, 5.74) is 0.755. The summed E-state index contributed by atoms with van der Waals surface area (Å²) in [5, 5.41) is 12.2. The van der Waals surface area contributed by atoms with Gasteiger partial charge in [0.25, 0.3) is 5.91 Å². The first kappa shape index (κ1) is 17.4. The summed E-state index contributed by atoms with van der Waals surface area (Å²) < 4.78 is 11.2. The van der Waals surface area contributed by atoms with Crippen LogP contribution in [-0.2, 0) is 4.79 Å². The molecule has 0 aliphatic heterocycles. The number of carbonyl (C=O) groups is 1. The minimum absolute atomic E-state index is 0.0739. The van der Waals surface area contributed by atoms with Crippen molar-refractivity contribution in [1.29, 1.82) is 5.26 Å². The Hall–Kier alpha value is -2.00. The van der Waals surface area contributed by atoms with Crippen molar-refractivity contribution in [2.24, 2.45) is 0 Å². The second-order valence-electron chi connectivity index (χ2n) is 5.35. The molecular formula is C17H19BrN2O3. The molecule has 0 unspecified atom stereocenters. The van der Waals surface area contributed by atoms with Gasteiger partial charge in [0.2, 0.25) is 0 Å². The van der Waals surface area contributed by atoms with Crippen molar-refractivity contribution in [2.45, 2.75) is 31.7 Å². The molecule has 1 aromatic rings. The number of nitrogens with one attached hydrogen (secondary N) is 1. The van der Waals surface area contributed by atoms with E-state index >= 15 is 0 Å². The van der Waals surface area contributed by atoms with Gasteiger partial charge in [0, 0.05) is 10.5 Å². The van der Waals surface area contributed by atoms with Crippen LogP contribution < -0.4 is 14.8 Å². The molecule has 0 spiro atoms. The molecule has 1 amide bonds. The number of rotatable bonds is 5. The van der Waals surface area contributed by atoms with Crippen LogP contribution in [0.5, 0.6) is 11.5 Å². The zero-order valence-electron chi connectivity index (χ0n) is 13.2. The lowest BCUT2D eigenvalue weighted by molar-refractivity contribution is -0.117. The van der Waals surface area contributed by atoms with Crippen LogP contribution in [0.15, 0.2) is 22.2 Å². The largest absolute Gasteiger partial charge is 0.493 e. The van der Waals surface area contributed by atoms with Crippen molar-refractivity contribution in [1.82, 2.24) is 5.32 Å². The summed E-state index contributed by atoms with van der Waals surface area (Å²) in [6.45, 7) is 0. The molecule has 5 nitrogen and oxygen atoms in total. The predicted octanol–water partition coefficient (Wildman–Crippen LogP) is 3.43. The van der Waals surface area contributed by atoms with Gasteiger partial charge in [-0.25, -0.2) is 0 Å². The van der Waals surface area contributed by atoms with E-state index in [1.54, 1.807) is 25.3 Å². The van der Waals surface area contributed by atoms with E-state index in [1.807, 2.05) is 6.07 Å². The molecule has 0 saturated heterocycles. The van der Waals surface area contributed by atoms with E-state index in [2.05, 4.69) is 21.2 Å². The van der Waals surface area contributed by atoms with Crippen molar-refractivity contribution in [3.05, 3.63) is 27.7 Å². The van der Waals surface area contributed by atoms with Gasteiger partial charge in [0.05, 0.1) is 14.2 Å². The number of amides is 1. The predicted molar refractivity (Wildman–Crippen MR) is 91.2 cm³/mol. The monoisotopic (exact) mass is 378 g/mol. The van der Waals surface area contributed by atoms with Gasteiger partial charge in [-0.2, -0.15) is 5.26 Å². The van der Waals surface area contributed by atoms with Crippen molar-refractivity contribution in [2.75, 3.05) is 14.2 Å². The zero-order chi connectivity index (χ0) is 16.8. The number of carbonyl (C=O) groups excluding carboxylic acids is 1. The lowest BCUT2D eigenvalue weighted by Gasteiger charge is -2.12. The molecule has 1 aromatic carbocycles. The molecular weight excluding hydrogens is 360 g/mol. The highest BCUT2D eigenvalue weighted by Crippen LogP contribution is 2.34. The first-order chi connectivity index (χ1) is 11.1. The van der Waals surface area contributed by atoms with E-state index in [-0.39, 0.29) is 17.5 Å². The number of hydrogen-bond acceptors (Lipinski definition) is 4. The van der Waals surface area contributed by atoms with Gasteiger partial charge in [-0.05, 0) is 36.6 Å². The Morgan fingerprint density at radius 1 is 1.30 bits per heavy atom. The maximum Gasteiger partial charge on any atom is 0.262 e. The summed E-state index contributed by atoms with van der Waals surface area (Å²) in [4.78, 5) is 12.3. The number of nitriles is 1. The number of benzene rings is 1. The van der Waals surface area contributed by atoms with Crippen molar-refractivity contribution < 1.29 is 14.3 Å². The standard InChI is InChI=1S/C17H19BrN2O3/c1-22-15-8-11(14(18)9-16(15)23-2)7-12(10-19)17(21)20-13-5-3-4-6-13/h7-9,13H,3-6H2,1-2H3,(H,20,21)/b12-7-. The molecule has 122 valence electrons. The summed E-state index contributed by atoms with van der Waals surface area (Å²) in [6, 6.07) is 5.62. The molecule has 1 fully saturated rings. The molecule has 1 aliphatic rings. The van der Waals surface area contributed by atoms with Gasteiger partial charge in [-0.1, -0.05) is 28.8 Å². The number of hydrogen-bond donors (Lipinski definition) is 1. The molecule has 0 atom stereocenters. The third kappa shape index (κ3) is 4.26. The molecule has 23 heavy (non-hydrogen) atoms. The van der Waals surface area contributed by atoms with Gasteiger partial charge in [0.1, 0.15) is 11.6 Å². The third-order valence-corrected chi connectivity index (χ3v) is 4.54. The van der Waals surface area contributed by atoms with E-state index in [0.717, 1.165) is 30.2 Å². The van der Waals surface area contributed by atoms with Crippen molar-refractivity contribution >= 4 is 27.9 Å². The molecule has 0 heterocycles. The molecule has 0 radical (unpaired) electrons. The summed E-state index contributed by atoms with van der Waals surface area (Å²) in [5.74, 6) is 0.780. The van der Waals surface area contributed by atoms with Crippen LogP contribution >= 0.6 is 15.9 Å². The molecule has 0 aromatic heterocycles. The average Bonchev–Trinajstić information content (AvgIpc) is 3.06. The Bertz CT molecular complexity index is 659. The van der Waals surface area contributed by atoms with Crippen molar-refractivity contribution in [3.63, 3.8) is 0 Å². The van der Waals surface area contributed by atoms with Crippen LogP contribution in [0, 0.1) is 11.3 Å². The fraction of sp³-hybridized carbons (Fsp3) is 0.412. The maximum absolute atomic E-state index is 12.3. The Morgan fingerprint density at radius 3 is 2.48 bits per heavy atom. The lowest BCUT2D eigenvalue weighted by Crippen LogP contribution is -2.33. The fourth-order valence-corrected chi connectivity index (χ4v) is 3.05. The van der Waals surface area contributed by atoms with Crippen LogP contribution in [0.25, 0.3) is 6.08 Å². The summed E-state index contributed by atoms with van der Waals surface area (Å²) in [7, 11) is 3.09. The molecule has 1 aliphatic carbocycles. The van der Waals surface area contributed by atoms with Gasteiger partial charge in [0.15, 0.2) is 11.5 Å². The van der Waals surface area contributed by atoms with E-state index < -0.39 is 0 Å². The Kier molecular flexibility index (Phi) is 6.05. The van der Waals surface area contributed by atoms with Gasteiger partial charge < -0.3 is 14.8 Å². The van der Waals surface area contributed by atoms with Gasteiger partial charge in [-0.15, -0.1) is 0 Å². The Labute approximate surface area is 144 Å². The van der Waals surface area contributed by atoms with Crippen LogP contribution in [0.1, 0.15) is 31.2 Å². The maximum atomic E-state index is 12.3. The van der Waals surface area contributed by atoms with Crippen LogP contribution in [0.3, 0.4) is 0 Å². The first-order valence-electron chi connectivity index (χ1n) is 7.43. The quantitative estimate of drug-likeness (QED) is 0.629. The highest BCUT2D eigenvalue weighted by Gasteiger charge is 2.19. The highest BCUT2D eigenvalue weighted by molar-refractivity contribution is 9.10. The first-order valence-corrected chi connectivity index (χ1v) is 8.22. The molecule has 6 heteroatoms. The Morgan fingerprint density at radius 2 is 1.91 bits per heavy atom. The SMILES string of the molecule is COc1cc(Br)c(/C=C(/C#N)C(=O)NC2CCCC2)cc1OC. The van der Waals surface area contributed by atoms with Crippen LogP contribution in [0.4, 0.5) is 0 Å². The number of halogens is 1. The van der Waals surface area contributed by atoms with Crippen molar-refractivity contribution in [3.8, 4) is 17.6 Å². The molecule has 1 N–H and O–H groups in total. The molecule has 2 rings (SSSR count). The van der Waals surface area contributed by atoms with E-state index in [9.17, 15) is 10.1 Å². The normalized spacial score (nSPS) is 15.1. The Balaban J connectivity index is 2.26. The lowest BCUT2D eigenvalue weighted by atomic mass is 10.1. The number of methoxy groups -OCH3 is 2. The molecule has 0 bridgehead atoms. The minimum Gasteiger partial charge on any atom is -0.493 e. The minimum atomic E-state index is -0.332. The smallest absolute Gasteiger partial charge is 0.262 e. The second kappa shape index (κ2) is 8.02. The summed E-state index contributed by atoms with van der Waals surface area (Å²) >= 11 is 3.43. The fourth-order valence-electron chi connectivity index (χ4n) is 2.62. The van der Waals surface area contributed by atoms with Crippen LogP contribution in [-0.4, -0.2) is 26.2 Å². The van der Waals surface area contributed by atoms with Gasteiger partial charge in [-0.3, -0.25) is 4.79 Å². The average molecular weight is 379 g/mol. The van der Waals surface area contributed by atoms with Crippen LogP contribution in [0.2, 0.25) is 0 Å². The number of ether oxygens (including phenoxy) is 2. The topological polar surface area (TPSA) is 71.3 Å². The van der Waals surface area contributed by atoms with E-state index in [0.29, 0.717) is 17.1 Å². The molecule has 1 saturated carbocycles.